The standard InChI is InChI=1S/C30H38N4O/c1-6-32(5)20-21-33(7-2)30(35)17-14-27-13-16-29(28-15-8-23(3)22-24(28)4)34(27)26-11-9-25(10-12-26)18-19-31/h8-13,15-16,22H,6-7,14,17-18,20-21H2,1-5H3. The van der Waals surface area contributed by atoms with E-state index < -0.39 is 0 Å². The number of hydrogen-bond donors (Lipinski definition) is 0. The van der Waals surface area contributed by atoms with Crippen molar-refractivity contribution in [1.29, 1.82) is 5.26 Å². The molecule has 0 N–H and O–H groups in total. The highest BCUT2D eigenvalue weighted by Gasteiger charge is 2.17. The van der Waals surface area contributed by atoms with Gasteiger partial charge in [-0.05, 0) is 76.2 Å². The fourth-order valence-corrected chi connectivity index (χ4v) is 4.45. The normalized spacial score (nSPS) is 11.0. The van der Waals surface area contributed by atoms with Gasteiger partial charge in [-0.1, -0.05) is 42.8 Å². The Balaban J connectivity index is 1.90. The summed E-state index contributed by atoms with van der Waals surface area (Å²) in [6.45, 7) is 11.8. The maximum Gasteiger partial charge on any atom is 0.222 e. The van der Waals surface area contributed by atoms with Crippen molar-refractivity contribution in [3.8, 4) is 23.0 Å². The number of rotatable bonds is 11. The minimum absolute atomic E-state index is 0.196. The largest absolute Gasteiger partial charge is 0.342 e. The van der Waals surface area contributed by atoms with E-state index in [4.69, 9.17) is 5.26 Å². The van der Waals surface area contributed by atoms with Crippen LogP contribution >= 0.6 is 0 Å². The molecule has 5 nitrogen and oxygen atoms in total. The Morgan fingerprint density at radius 2 is 1.71 bits per heavy atom. The maximum atomic E-state index is 13.0. The highest BCUT2D eigenvalue weighted by atomic mass is 16.2. The molecule has 0 bridgehead atoms. The van der Waals surface area contributed by atoms with Gasteiger partial charge in [0.25, 0.3) is 0 Å². The number of carbonyl (C=O) groups is 1. The quantitative estimate of drug-likeness (QED) is 0.369. The Morgan fingerprint density at radius 3 is 2.34 bits per heavy atom. The Bertz CT molecular complexity index is 1170. The highest BCUT2D eigenvalue weighted by Crippen LogP contribution is 2.30. The fraction of sp³-hybridized carbons (Fsp3) is 0.400. The van der Waals surface area contributed by atoms with Crippen molar-refractivity contribution in [1.82, 2.24) is 14.4 Å². The summed E-state index contributed by atoms with van der Waals surface area (Å²) < 4.78 is 2.27. The van der Waals surface area contributed by atoms with Gasteiger partial charge < -0.3 is 14.4 Å². The Kier molecular flexibility index (Phi) is 9.28. The first-order valence-corrected chi connectivity index (χ1v) is 12.6. The lowest BCUT2D eigenvalue weighted by Crippen LogP contribution is -2.37. The first-order chi connectivity index (χ1) is 16.9. The summed E-state index contributed by atoms with van der Waals surface area (Å²) in [5.41, 5.74) is 7.94. The number of nitriles is 1. The number of aryl methyl sites for hydroxylation is 3. The molecule has 1 amide bonds. The van der Waals surface area contributed by atoms with E-state index in [1.165, 1.54) is 16.7 Å². The van der Waals surface area contributed by atoms with Crippen molar-refractivity contribution < 1.29 is 4.79 Å². The number of carbonyl (C=O) groups excluding carboxylic acids is 1. The van der Waals surface area contributed by atoms with Crippen LogP contribution in [0.4, 0.5) is 0 Å². The van der Waals surface area contributed by atoms with E-state index in [9.17, 15) is 4.79 Å². The SMILES string of the molecule is CCN(C)CCN(CC)C(=O)CCc1ccc(-c2ccc(C)cc2C)n1-c1ccc(CC#N)cc1. The number of aromatic nitrogens is 1. The minimum Gasteiger partial charge on any atom is -0.342 e. The molecule has 0 radical (unpaired) electrons. The molecule has 3 aromatic rings. The van der Waals surface area contributed by atoms with Gasteiger partial charge in [0, 0.05) is 43.0 Å². The van der Waals surface area contributed by atoms with Gasteiger partial charge in [-0.3, -0.25) is 4.79 Å². The van der Waals surface area contributed by atoms with E-state index in [2.05, 4.69) is 85.8 Å². The van der Waals surface area contributed by atoms with Crippen LogP contribution in [0.15, 0.2) is 54.6 Å². The van der Waals surface area contributed by atoms with Crippen molar-refractivity contribution >= 4 is 5.91 Å². The summed E-state index contributed by atoms with van der Waals surface area (Å²) in [5.74, 6) is 0.196. The molecule has 184 valence electrons. The van der Waals surface area contributed by atoms with Gasteiger partial charge in [0.1, 0.15) is 0 Å². The molecule has 1 aromatic heterocycles. The van der Waals surface area contributed by atoms with E-state index in [0.717, 1.165) is 48.8 Å². The predicted molar refractivity (Wildman–Crippen MR) is 144 cm³/mol. The molecule has 35 heavy (non-hydrogen) atoms. The first kappa shape index (κ1) is 26.2. The molecular weight excluding hydrogens is 432 g/mol. The summed E-state index contributed by atoms with van der Waals surface area (Å²) in [4.78, 5) is 17.2. The zero-order chi connectivity index (χ0) is 25.4. The number of hydrogen-bond acceptors (Lipinski definition) is 3. The maximum absolute atomic E-state index is 13.0. The first-order valence-electron chi connectivity index (χ1n) is 12.6. The molecule has 3 rings (SSSR count). The number of benzene rings is 2. The fourth-order valence-electron chi connectivity index (χ4n) is 4.45. The van der Waals surface area contributed by atoms with Gasteiger partial charge in [0.05, 0.1) is 18.2 Å². The van der Waals surface area contributed by atoms with Crippen LogP contribution < -0.4 is 0 Å². The van der Waals surface area contributed by atoms with Crippen LogP contribution in [-0.4, -0.2) is 53.5 Å². The second-order valence-electron chi connectivity index (χ2n) is 9.23. The van der Waals surface area contributed by atoms with Crippen LogP contribution in [-0.2, 0) is 17.6 Å². The molecule has 1 heterocycles. The molecule has 0 aliphatic carbocycles. The monoisotopic (exact) mass is 470 g/mol. The number of likely N-dealkylation sites (N-methyl/N-ethyl adjacent to an activating group) is 2. The summed E-state index contributed by atoms with van der Waals surface area (Å²) in [5, 5.41) is 9.04. The van der Waals surface area contributed by atoms with E-state index in [1.54, 1.807) is 0 Å². The average Bonchev–Trinajstić information content (AvgIpc) is 3.27. The highest BCUT2D eigenvalue weighted by molar-refractivity contribution is 5.76. The zero-order valence-electron chi connectivity index (χ0n) is 21.8. The van der Waals surface area contributed by atoms with E-state index >= 15 is 0 Å². The van der Waals surface area contributed by atoms with Crippen LogP contribution in [0.1, 0.15) is 42.7 Å². The van der Waals surface area contributed by atoms with Crippen molar-refractivity contribution in [2.45, 2.75) is 47.0 Å². The van der Waals surface area contributed by atoms with Crippen molar-refractivity contribution in [3.63, 3.8) is 0 Å². The van der Waals surface area contributed by atoms with E-state index in [1.807, 2.05) is 24.0 Å². The molecule has 0 saturated carbocycles. The Hall–Kier alpha value is -3.36. The summed E-state index contributed by atoms with van der Waals surface area (Å²) in [6.07, 6.45) is 1.55. The van der Waals surface area contributed by atoms with Gasteiger partial charge in [-0.25, -0.2) is 0 Å². The molecule has 0 fully saturated rings. The minimum atomic E-state index is 0.196. The van der Waals surface area contributed by atoms with Gasteiger partial charge >= 0.3 is 0 Å². The Labute approximate surface area is 210 Å². The molecule has 0 unspecified atom stereocenters. The molecule has 0 aliphatic heterocycles. The molecule has 2 aromatic carbocycles. The summed E-state index contributed by atoms with van der Waals surface area (Å²) >= 11 is 0. The average molecular weight is 471 g/mol. The lowest BCUT2D eigenvalue weighted by molar-refractivity contribution is -0.131. The number of amides is 1. The van der Waals surface area contributed by atoms with E-state index in [-0.39, 0.29) is 5.91 Å². The third-order valence-electron chi connectivity index (χ3n) is 6.72. The second kappa shape index (κ2) is 12.4. The Morgan fingerprint density at radius 1 is 0.971 bits per heavy atom. The van der Waals surface area contributed by atoms with Crippen LogP contribution in [0, 0.1) is 25.2 Å². The van der Waals surface area contributed by atoms with Crippen LogP contribution in [0.3, 0.4) is 0 Å². The zero-order valence-corrected chi connectivity index (χ0v) is 21.8. The predicted octanol–water partition coefficient (Wildman–Crippen LogP) is 5.56. The van der Waals surface area contributed by atoms with Crippen molar-refractivity contribution in [2.75, 3.05) is 33.2 Å². The molecule has 5 heteroatoms. The molecular formula is C30H38N4O. The van der Waals surface area contributed by atoms with Gasteiger partial charge in [-0.2, -0.15) is 5.26 Å². The van der Waals surface area contributed by atoms with Crippen molar-refractivity contribution in [3.05, 3.63) is 77.0 Å². The van der Waals surface area contributed by atoms with Gasteiger partial charge in [0.15, 0.2) is 0 Å². The van der Waals surface area contributed by atoms with Gasteiger partial charge in [0.2, 0.25) is 5.91 Å². The second-order valence-corrected chi connectivity index (χ2v) is 9.23. The number of nitrogens with zero attached hydrogens (tertiary/aromatic N) is 4. The topological polar surface area (TPSA) is 52.3 Å². The molecule has 0 atom stereocenters. The summed E-state index contributed by atoms with van der Waals surface area (Å²) in [6, 6.07) is 21.2. The van der Waals surface area contributed by atoms with Crippen molar-refractivity contribution in [2.24, 2.45) is 0 Å². The summed E-state index contributed by atoms with van der Waals surface area (Å²) in [7, 11) is 2.09. The smallest absolute Gasteiger partial charge is 0.222 e. The molecule has 0 aliphatic rings. The molecule has 0 saturated heterocycles. The van der Waals surface area contributed by atoms with Crippen LogP contribution in [0.5, 0.6) is 0 Å². The molecule has 0 spiro atoms. The third kappa shape index (κ3) is 6.61. The van der Waals surface area contributed by atoms with Gasteiger partial charge in [-0.15, -0.1) is 0 Å². The lowest BCUT2D eigenvalue weighted by atomic mass is 10.0. The van der Waals surface area contributed by atoms with Crippen LogP contribution in [0.2, 0.25) is 0 Å². The van der Waals surface area contributed by atoms with E-state index in [0.29, 0.717) is 19.3 Å². The van der Waals surface area contributed by atoms with Crippen LogP contribution in [0.25, 0.3) is 16.9 Å². The lowest BCUT2D eigenvalue weighted by Gasteiger charge is -2.24. The third-order valence-corrected chi connectivity index (χ3v) is 6.72.